The molecule has 7 rings (SSSR count). The van der Waals surface area contributed by atoms with Crippen LogP contribution < -0.4 is 20.3 Å². The summed E-state index contributed by atoms with van der Waals surface area (Å²) < 4.78 is 93.4. The summed E-state index contributed by atoms with van der Waals surface area (Å²) in [6.45, 7) is -13.8. The number of benzene rings is 2. The van der Waals surface area contributed by atoms with Gasteiger partial charge in [-0.1, -0.05) is 11.6 Å². The van der Waals surface area contributed by atoms with Gasteiger partial charge in [0.05, 0.1) is 39.0 Å². The molecule has 0 spiro atoms. The summed E-state index contributed by atoms with van der Waals surface area (Å²) in [5, 5.41) is 31.1. The van der Waals surface area contributed by atoms with Gasteiger partial charge in [-0.15, -0.1) is 0 Å². The molecule has 4 fully saturated rings. The number of hydrogen-bond acceptors (Lipinski definition) is 11. The summed E-state index contributed by atoms with van der Waals surface area (Å²) in [6, 6.07) is 6.38. The molecule has 58 heavy (non-hydrogen) atoms. The number of imide groups is 2. The number of piperazine rings is 1. The van der Waals surface area contributed by atoms with Crippen molar-refractivity contribution in [1.29, 1.82) is 16.1 Å². The number of nitrogens with one attached hydrogen (secondary N) is 4. The lowest BCUT2D eigenvalue weighted by molar-refractivity contribution is -0.136. The van der Waals surface area contributed by atoms with Crippen LogP contribution in [-0.4, -0.2) is 120 Å². The number of amidine groups is 1. The van der Waals surface area contributed by atoms with Gasteiger partial charge in [-0.25, -0.2) is 4.39 Å². The minimum atomic E-state index is -3.52. The SMILES string of the molecule is [2H]C1([2H])N(CC2CCN(C(=N)/C=C\C(=N)C(=O)NC3CCC(Oc4ccc(C#N)c(Cl)c4)CC3)CC2)C([2H])([2H])C([2H])([2H])N(c2cc3c(cc2F)C(=O)N(C2CCC(=O)NC2=O)C3=O)C1([2H])[2H]. The molecule has 1 unspecified atom stereocenters. The van der Waals surface area contributed by atoms with Crippen LogP contribution in [0.2, 0.25) is 5.02 Å². The Balaban J connectivity index is 0.947. The minimum Gasteiger partial charge on any atom is -0.490 e. The van der Waals surface area contributed by atoms with Gasteiger partial charge >= 0.3 is 0 Å². The highest BCUT2D eigenvalue weighted by Crippen LogP contribution is 2.33. The number of rotatable bonds is 10. The Morgan fingerprint density at radius 1 is 0.983 bits per heavy atom. The van der Waals surface area contributed by atoms with Gasteiger partial charge in [-0.2, -0.15) is 5.26 Å². The molecule has 0 bridgehead atoms. The van der Waals surface area contributed by atoms with E-state index in [-0.39, 0.29) is 67.4 Å². The maximum atomic E-state index is 16.0. The second-order valence-corrected chi connectivity index (χ2v) is 15.0. The Labute approximate surface area is 351 Å². The first-order valence-corrected chi connectivity index (χ1v) is 19.2. The number of piperidine rings is 2. The van der Waals surface area contributed by atoms with Crippen LogP contribution >= 0.6 is 11.6 Å². The lowest BCUT2D eigenvalue weighted by atomic mass is 9.92. The van der Waals surface area contributed by atoms with Crippen LogP contribution in [0.1, 0.15) is 88.6 Å². The first kappa shape index (κ1) is 31.3. The molecular formula is C41H45ClFN9O6. The molecule has 3 saturated heterocycles. The van der Waals surface area contributed by atoms with Gasteiger partial charge in [-0.3, -0.25) is 49.9 Å². The van der Waals surface area contributed by atoms with Crippen molar-refractivity contribution >= 4 is 58.4 Å². The van der Waals surface area contributed by atoms with Crippen molar-refractivity contribution in [1.82, 2.24) is 25.3 Å². The number of nitrogens with zero attached hydrogens (tertiary/aromatic N) is 5. The number of likely N-dealkylation sites (tertiary alicyclic amines) is 1. The first-order chi connectivity index (χ1) is 30.9. The van der Waals surface area contributed by atoms with E-state index in [2.05, 4.69) is 5.32 Å². The zero-order chi connectivity index (χ0) is 48.3. The second kappa shape index (κ2) is 17.5. The van der Waals surface area contributed by atoms with E-state index in [0.29, 0.717) is 64.0 Å². The summed E-state index contributed by atoms with van der Waals surface area (Å²) in [5.41, 5.74) is -2.18. The molecule has 0 aromatic heterocycles. The number of halogens is 2. The maximum absolute atomic E-state index is 16.0. The highest BCUT2D eigenvalue weighted by atomic mass is 35.5. The average molecular weight is 822 g/mol. The van der Waals surface area contributed by atoms with E-state index in [4.69, 9.17) is 43.4 Å². The third-order valence-electron chi connectivity index (χ3n) is 10.8. The number of anilines is 1. The average Bonchev–Trinajstić information content (AvgIpc) is 3.48. The van der Waals surface area contributed by atoms with Crippen LogP contribution in [0.15, 0.2) is 42.5 Å². The van der Waals surface area contributed by atoms with E-state index in [0.717, 1.165) is 0 Å². The molecule has 5 aliphatic rings. The molecule has 0 radical (unpaired) electrons. The monoisotopic (exact) mass is 821 g/mol. The zero-order valence-corrected chi connectivity index (χ0v) is 31.8. The fraction of sp³-hybridized carbons (Fsp3) is 0.463. The molecule has 17 heteroatoms. The molecule has 4 aliphatic heterocycles. The van der Waals surface area contributed by atoms with Gasteiger partial charge in [0.2, 0.25) is 11.8 Å². The van der Waals surface area contributed by atoms with E-state index in [1.807, 2.05) is 11.4 Å². The fourth-order valence-corrected chi connectivity index (χ4v) is 7.75. The number of carbonyl (C=O) groups excluding carboxylic acids is 5. The van der Waals surface area contributed by atoms with Crippen molar-refractivity contribution in [2.24, 2.45) is 5.92 Å². The maximum Gasteiger partial charge on any atom is 0.269 e. The summed E-state index contributed by atoms with van der Waals surface area (Å²) in [5.74, 6) is -5.91. The Hall–Kier alpha value is -5.66. The van der Waals surface area contributed by atoms with Crippen molar-refractivity contribution in [3.8, 4) is 11.8 Å². The van der Waals surface area contributed by atoms with Crippen LogP contribution in [0.25, 0.3) is 0 Å². The summed E-state index contributed by atoms with van der Waals surface area (Å²) in [6.07, 6.45) is 4.90. The predicted molar refractivity (Wildman–Crippen MR) is 212 cm³/mol. The third kappa shape index (κ3) is 8.90. The molecule has 1 aliphatic carbocycles. The first-order valence-electron chi connectivity index (χ1n) is 22.8. The zero-order valence-electron chi connectivity index (χ0n) is 39.1. The van der Waals surface area contributed by atoms with E-state index < -0.39 is 96.7 Å². The second-order valence-electron chi connectivity index (χ2n) is 14.6. The lowest BCUT2D eigenvalue weighted by Gasteiger charge is -2.40. The van der Waals surface area contributed by atoms with Crippen molar-refractivity contribution in [2.45, 2.75) is 69.6 Å². The summed E-state index contributed by atoms with van der Waals surface area (Å²) >= 11 is 6.11. The molecule has 15 nitrogen and oxygen atoms in total. The number of nitriles is 1. The molecule has 1 saturated carbocycles. The summed E-state index contributed by atoms with van der Waals surface area (Å²) in [4.78, 5) is 66.4. The number of fused-ring (bicyclic) bond motifs is 1. The van der Waals surface area contributed by atoms with Crippen molar-refractivity contribution in [3.05, 3.63) is 70.0 Å². The van der Waals surface area contributed by atoms with Gasteiger partial charge in [0.25, 0.3) is 17.7 Å². The van der Waals surface area contributed by atoms with Crippen LogP contribution in [-0.2, 0) is 14.4 Å². The highest BCUT2D eigenvalue weighted by molar-refractivity contribution is 6.42. The smallest absolute Gasteiger partial charge is 0.269 e. The number of hydrogen-bond donors (Lipinski definition) is 4. The van der Waals surface area contributed by atoms with E-state index in [1.54, 1.807) is 23.1 Å². The Morgan fingerprint density at radius 2 is 1.67 bits per heavy atom. The molecule has 2 aromatic carbocycles. The minimum absolute atomic E-state index is 0.0321. The van der Waals surface area contributed by atoms with Gasteiger partial charge in [0.1, 0.15) is 35.2 Å². The quantitative estimate of drug-likeness (QED) is 0.156. The number of amides is 5. The third-order valence-corrected chi connectivity index (χ3v) is 11.1. The fourth-order valence-electron chi connectivity index (χ4n) is 7.54. The van der Waals surface area contributed by atoms with Crippen LogP contribution in [0, 0.1) is 33.9 Å². The van der Waals surface area contributed by atoms with Crippen LogP contribution in [0.4, 0.5) is 10.1 Å². The topological polar surface area (TPSA) is 203 Å². The molecule has 4 heterocycles. The number of carbonyl (C=O) groups is 5. The highest BCUT2D eigenvalue weighted by Gasteiger charge is 2.45. The van der Waals surface area contributed by atoms with E-state index in [9.17, 15) is 24.0 Å². The molecule has 5 amide bonds. The van der Waals surface area contributed by atoms with Crippen LogP contribution in [0.3, 0.4) is 0 Å². The van der Waals surface area contributed by atoms with Gasteiger partial charge in [0, 0.05) is 69.6 Å². The Morgan fingerprint density at radius 3 is 2.33 bits per heavy atom. The van der Waals surface area contributed by atoms with Crippen molar-refractivity contribution in [3.63, 3.8) is 0 Å². The van der Waals surface area contributed by atoms with E-state index >= 15 is 4.39 Å². The van der Waals surface area contributed by atoms with E-state index in [1.165, 1.54) is 12.2 Å². The van der Waals surface area contributed by atoms with Gasteiger partial charge in [-0.05, 0) is 87.3 Å². The summed E-state index contributed by atoms with van der Waals surface area (Å²) in [7, 11) is 0. The number of ether oxygens (including phenoxy) is 1. The Kier molecular flexibility index (Phi) is 9.43. The molecule has 2 aromatic rings. The predicted octanol–water partition coefficient (Wildman–Crippen LogP) is 3.65. The molecule has 304 valence electrons. The lowest BCUT2D eigenvalue weighted by Crippen LogP contribution is -2.54. The standard InChI is InChI=1S/C41H45ClFN9O6/c42-31-19-28(4-1-25(31)22-44)58-27-5-2-26(3-6-27)47-38(54)33(45)7-9-36(46)51-13-11-24(12-14-51)23-49-15-17-50(18-16-49)35-21-30-29(20-32(35)43)40(56)52(41(30)57)34-8-10-37(53)48-39(34)55/h1,4,7,9,19-21,24,26-27,34,45-46H,2-3,5-6,8,10-18,23H2,(H,47,54)(H,48,53,55)/b9-7-,45-33?,46-36?/i15D2,16D2,17D2,18D2. The Bertz CT molecular complexity index is 2450. The molecule has 1 atom stereocenters. The normalized spacial score (nSPS) is 28.6. The van der Waals surface area contributed by atoms with Crippen LogP contribution in [0.5, 0.6) is 5.75 Å². The van der Waals surface area contributed by atoms with Crippen molar-refractivity contribution in [2.75, 3.05) is 50.5 Å². The van der Waals surface area contributed by atoms with Crippen molar-refractivity contribution < 1.29 is 44.1 Å². The van der Waals surface area contributed by atoms with Gasteiger partial charge < -0.3 is 19.9 Å². The molecular weight excluding hydrogens is 769 g/mol. The van der Waals surface area contributed by atoms with Gasteiger partial charge in [0.15, 0.2) is 0 Å². The largest absolute Gasteiger partial charge is 0.490 e. The molecule has 4 N–H and O–H groups in total.